The summed E-state index contributed by atoms with van der Waals surface area (Å²) in [6.45, 7) is 5.18. The van der Waals surface area contributed by atoms with Crippen LogP contribution in [-0.4, -0.2) is 17.4 Å². The predicted octanol–water partition coefficient (Wildman–Crippen LogP) is 3.04. The molecule has 0 N–H and O–H groups in total. The van der Waals surface area contributed by atoms with Gasteiger partial charge in [0.2, 0.25) is 0 Å². The molecule has 0 saturated heterocycles. The second-order valence-corrected chi connectivity index (χ2v) is 7.24. The molecule has 1 aromatic carbocycles. The minimum Gasteiger partial charge on any atom is -0.451 e. The number of benzene rings is 1. The number of allylic oxidation sites excluding steroid dienone is 1. The van der Waals surface area contributed by atoms with Crippen molar-refractivity contribution >= 4 is 11.8 Å². The average Bonchev–Trinajstić information content (AvgIpc) is 2.85. The number of hydrogen-bond donors (Lipinski definition) is 0. The van der Waals surface area contributed by atoms with Crippen molar-refractivity contribution in [3.8, 4) is 0 Å². The zero-order valence-corrected chi connectivity index (χ0v) is 13.1. The van der Waals surface area contributed by atoms with Crippen LogP contribution in [0, 0.1) is 17.3 Å². The van der Waals surface area contributed by atoms with E-state index in [0.717, 1.165) is 6.42 Å². The average molecular weight is 296 g/mol. The summed E-state index contributed by atoms with van der Waals surface area (Å²) in [5.74, 6) is 0.153. The molecule has 1 aromatic rings. The fourth-order valence-corrected chi connectivity index (χ4v) is 5.19. The van der Waals surface area contributed by atoms with Crippen LogP contribution in [0.2, 0.25) is 0 Å². The number of ketones is 1. The highest BCUT2D eigenvalue weighted by atomic mass is 16.6. The SMILES string of the molecule is CC(=O)O[C@]1(C)C(=O)[C@@]2(C)C=C[C@@H]1[C@@H]1Cc3ccccc3[C@@H]12. The number of hydrogen-bond acceptors (Lipinski definition) is 3. The first-order chi connectivity index (χ1) is 10.4. The minimum atomic E-state index is -1.03. The Kier molecular flexibility index (Phi) is 2.56. The molecule has 3 heteroatoms. The van der Waals surface area contributed by atoms with E-state index in [2.05, 4.69) is 30.4 Å². The number of fused-ring (bicyclic) bond motifs is 2. The summed E-state index contributed by atoms with van der Waals surface area (Å²) < 4.78 is 5.56. The molecule has 3 nitrogen and oxygen atoms in total. The van der Waals surface area contributed by atoms with Crippen molar-refractivity contribution in [2.24, 2.45) is 17.3 Å². The van der Waals surface area contributed by atoms with E-state index >= 15 is 0 Å². The molecule has 1 saturated carbocycles. The summed E-state index contributed by atoms with van der Waals surface area (Å²) in [5, 5.41) is 0. The van der Waals surface area contributed by atoms with Gasteiger partial charge in [0.1, 0.15) is 0 Å². The Balaban J connectivity index is 1.88. The number of carbonyl (C=O) groups excluding carboxylic acids is 2. The molecule has 0 unspecified atom stereocenters. The number of esters is 1. The number of ether oxygens (including phenoxy) is 1. The molecular weight excluding hydrogens is 276 g/mol. The molecule has 0 amide bonds. The van der Waals surface area contributed by atoms with Crippen molar-refractivity contribution in [1.29, 1.82) is 0 Å². The van der Waals surface area contributed by atoms with Gasteiger partial charge in [0.25, 0.3) is 0 Å². The maximum atomic E-state index is 13.2. The first kappa shape index (κ1) is 13.7. The van der Waals surface area contributed by atoms with Gasteiger partial charge in [-0.3, -0.25) is 9.59 Å². The number of rotatable bonds is 1. The second-order valence-electron chi connectivity index (χ2n) is 7.24. The molecule has 0 heterocycles. The van der Waals surface area contributed by atoms with E-state index in [1.165, 1.54) is 18.1 Å². The van der Waals surface area contributed by atoms with Gasteiger partial charge < -0.3 is 4.74 Å². The molecule has 5 atom stereocenters. The molecule has 4 aliphatic rings. The van der Waals surface area contributed by atoms with Crippen LogP contribution >= 0.6 is 0 Å². The molecule has 114 valence electrons. The van der Waals surface area contributed by atoms with Gasteiger partial charge in [-0.1, -0.05) is 36.4 Å². The van der Waals surface area contributed by atoms with Crippen molar-refractivity contribution in [3.63, 3.8) is 0 Å². The summed E-state index contributed by atoms with van der Waals surface area (Å²) >= 11 is 0. The standard InChI is InChI=1S/C19H20O3/c1-11(20)22-19(3)15-8-9-18(2,17(19)21)16-13-7-5-4-6-12(13)10-14(15)16/h4-9,14-16H,10H2,1-3H3/t14-,15+,16-,18-,19-/m0/s1. The Morgan fingerprint density at radius 2 is 2.00 bits per heavy atom. The van der Waals surface area contributed by atoms with E-state index in [1.807, 2.05) is 13.0 Å². The largest absolute Gasteiger partial charge is 0.451 e. The molecule has 0 spiro atoms. The Hall–Kier alpha value is -1.90. The van der Waals surface area contributed by atoms with Crippen LogP contribution in [0.3, 0.4) is 0 Å². The van der Waals surface area contributed by atoms with E-state index in [0.29, 0.717) is 5.92 Å². The van der Waals surface area contributed by atoms with Gasteiger partial charge in [-0.25, -0.2) is 0 Å². The normalized spacial score (nSPS) is 41.2. The van der Waals surface area contributed by atoms with E-state index in [4.69, 9.17) is 4.74 Å². The van der Waals surface area contributed by atoms with Gasteiger partial charge in [0, 0.05) is 18.8 Å². The highest BCUT2D eigenvalue weighted by Crippen LogP contribution is 2.63. The third-order valence-corrected chi connectivity index (χ3v) is 5.96. The Labute approximate surface area is 130 Å². The van der Waals surface area contributed by atoms with Crippen molar-refractivity contribution in [2.75, 3.05) is 0 Å². The van der Waals surface area contributed by atoms with Crippen LogP contribution in [-0.2, 0) is 20.7 Å². The summed E-state index contributed by atoms with van der Waals surface area (Å²) in [4.78, 5) is 24.7. The third-order valence-electron chi connectivity index (χ3n) is 5.96. The monoisotopic (exact) mass is 296 g/mol. The lowest BCUT2D eigenvalue weighted by Gasteiger charge is -2.55. The van der Waals surface area contributed by atoms with Crippen molar-refractivity contribution in [1.82, 2.24) is 0 Å². The molecule has 1 fully saturated rings. The smallest absolute Gasteiger partial charge is 0.303 e. The fourth-order valence-electron chi connectivity index (χ4n) is 5.19. The van der Waals surface area contributed by atoms with E-state index in [-0.39, 0.29) is 23.6 Å². The maximum absolute atomic E-state index is 13.2. The lowest BCUT2D eigenvalue weighted by molar-refractivity contribution is -0.183. The summed E-state index contributed by atoms with van der Waals surface area (Å²) in [6.07, 6.45) is 5.11. The van der Waals surface area contributed by atoms with Gasteiger partial charge in [-0.2, -0.15) is 0 Å². The Morgan fingerprint density at radius 1 is 1.27 bits per heavy atom. The summed E-state index contributed by atoms with van der Waals surface area (Å²) in [7, 11) is 0. The highest BCUT2D eigenvalue weighted by Gasteiger charge is 2.66. The first-order valence-corrected chi connectivity index (χ1v) is 7.89. The van der Waals surface area contributed by atoms with E-state index in [9.17, 15) is 9.59 Å². The van der Waals surface area contributed by atoms with E-state index in [1.54, 1.807) is 6.92 Å². The van der Waals surface area contributed by atoms with Gasteiger partial charge in [-0.05, 0) is 37.3 Å². The number of carbonyl (C=O) groups is 2. The van der Waals surface area contributed by atoms with Crippen LogP contribution in [0.4, 0.5) is 0 Å². The van der Waals surface area contributed by atoms with Gasteiger partial charge in [-0.15, -0.1) is 0 Å². The third kappa shape index (κ3) is 1.47. The summed E-state index contributed by atoms with van der Waals surface area (Å²) in [6, 6.07) is 8.41. The molecule has 0 radical (unpaired) electrons. The van der Waals surface area contributed by atoms with Gasteiger partial charge >= 0.3 is 5.97 Å². The first-order valence-electron chi connectivity index (χ1n) is 7.89. The molecular formula is C19H20O3. The summed E-state index contributed by atoms with van der Waals surface area (Å²) in [5.41, 5.74) is 1.01. The molecule has 0 aliphatic heterocycles. The van der Waals surface area contributed by atoms with Crippen LogP contribution in [0.15, 0.2) is 36.4 Å². The van der Waals surface area contributed by atoms with Crippen LogP contribution in [0.1, 0.15) is 37.8 Å². The highest BCUT2D eigenvalue weighted by molar-refractivity contribution is 5.99. The maximum Gasteiger partial charge on any atom is 0.303 e. The van der Waals surface area contributed by atoms with Crippen molar-refractivity contribution < 1.29 is 14.3 Å². The second kappa shape index (κ2) is 4.09. The van der Waals surface area contributed by atoms with Crippen LogP contribution < -0.4 is 0 Å². The topological polar surface area (TPSA) is 43.4 Å². The predicted molar refractivity (Wildman–Crippen MR) is 82.3 cm³/mol. The zero-order chi connectivity index (χ0) is 15.7. The minimum absolute atomic E-state index is 0.0388. The lowest BCUT2D eigenvalue weighted by Crippen LogP contribution is -2.63. The quantitative estimate of drug-likeness (QED) is 0.591. The van der Waals surface area contributed by atoms with Crippen LogP contribution in [0.25, 0.3) is 0 Å². The molecule has 22 heavy (non-hydrogen) atoms. The molecule has 5 rings (SSSR count). The number of Topliss-reactive ketones (excluding diaryl/α,β-unsaturated/α-hetero) is 1. The van der Waals surface area contributed by atoms with Gasteiger partial charge in [0.15, 0.2) is 11.4 Å². The van der Waals surface area contributed by atoms with Gasteiger partial charge in [0.05, 0.1) is 5.41 Å². The Bertz CT molecular complexity index is 719. The van der Waals surface area contributed by atoms with Crippen LogP contribution in [0.5, 0.6) is 0 Å². The molecule has 4 aliphatic carbocycles. The fraction of sp³-hybridized carbons (Fsp3) is 0.474. The van der Waals surface area contributed by atoms with E-state index < -0.39 is 11.0 Å². The molecule has 2 bridgehead atoms. The lowest BCUT2D eigenvalue weighted by atomic mass is 9.49. The Morgan fingerprint density at radius 3 is 2.73 bits per heavy atom. The van der Waals surface area contributed by atoms with Crippen molar-refractivity contribution in [2.45, 2.75) is 38.7 Å². The molecule has 0 aromatic heterocycles. The zero-order valence-electron chi connectivity index (χ0n) is 13.1. The van der Waals surface area contributed by atoms with Crippen molar-refractivity contribution in [3.05, 3.63) is 47.5 Å².